The molecule has 4 heteroatoms. The molecule has 0 bridgehead atoms. The second-order valence-electron chi connectivity index (χ2n) is 6.76. The van der Waals surface area contributed by atoms with Crippen molar-refractivity contribution in [3.63, 3.8) is 0 Å². The first-order valence-corrected chi connectivity index (χ1v) is 8.37. The van der Waals surface area contributed by atoms with Gasteiger partial charge in [0.2, 0.25) is 5.91 Å². The first-order valence-electron chi connectivity index (χ1n) is 8.37. The zero-order chi connectivity index (χ0) is 13.9. The van der Waals surface area contributed by atoms with Crippen LogP contribution in [0.2, 0.25) is 0 Å². The molecule has 4 nitrogen and oxygen atoms in total. The Bertz CT molecular complexity index is 345. The average Bonchev–Trinajstić information content (AvgIpc) is 2.46. The molecule has 0 radical (unpaired) electrons. The maximum Gasteiger partial charge on any atom is 0.237 e. The standard InChI is InChI=1S/C16H28N2O2/c1-13-11-17(9-10-20-13)12-16(19)18-8-4-6-14-5-2-3-7-15(14)18/h13-15H,2-12H2,1H3. The molecule has 1 amide bonds. The summed E-state index contributed by atoms with van der Waals surface area (Å²) in [5.41, 5.74) is 0. The molecule has 1 aliphatic carbocycles. The van der Waals surface area contributed by atoms with E-state index in [-0.39, 0.29) is 6.10 Å². The SMILES string of the molecule is CC1CN(CC(=O)N2CCCC3CCCCC32)CCO1. The highest BCUT2D eigenvalue weighted by Crippen LogP contribution is 2.35. The van der Waals surface area contributed by atoms with Gasteiger partial charge < -0.3 is 9.64 Å². The lowest BCUT2D eigenvalue weighted by atomic mass is 9.78. The van der Waals surface area contributed by atoms with Crippen LogP contribution in [0.4, 0.5) is 0 Å². The van der Waals surface area contributed by atoms with Crippen molar-refractivity contribution in [3.05, 3.63) is 0 Å². The van der Waals surface area contributed by atoms with Crippen molar-refractivity contribution in [3.8, 4) is 0 Å². The smallest absolute Gasteiger partial charge is 0.237 e. The van der Waals surface area contributed by atoms with Gasteiger partial charge in [0.15, 0.2) is 0 Å². The third kappa shape index (κ3) is 3.17. The van der Waals surface area contributed by atoms with Gasteiger partial charge in [-0.25, -0.2) is 0 Å². The Morgan fingerprint density at radius 2 is 1.95 bits per heavy atom. The third-order valence-corrected chi connectivity index (χ3v) is 5.25. The molecule has 1 saturated carbocycles. The van der Waals surface area contributed by atoms with Gasteiger partial charge in [0, 0.05) is 25.7 Å². The third-order valence-electron chi connectivity index (χ3n) is 5.25. The van der Waals surface area contributed by atoms with Gasteiger partial charge in [-0.15, -0.1) is 0 Å². The van der Waals surface area contributed by atoms with Gasteiger partial charge in [-0.2, -0.15) is 0 Å². The van der Waals surface area contributed by atoms with Gasteiger partial charge in [0.05, 0.1) is 19.3 Å². The molecule has 20 heavy (non-hydrogen) atoms. The van der Waals surface area contributed by atoms with Crippen LogP contribution in [0.5, 0.6) is 0 Å². The highest BCUT2D eigenvalue weighted by atomic mass is 16.5. The number of carbonyl (C=O) groups is 1. The van der Waals surface area contributed by atoms with E-state index in [0.717, 1.165) is 32.2 Å². The van der Waals surface area contributed by atoms with Crippen molar-refractivity contribution in [2.45, 2.75) is 57.6 Å². The lowest BCUT2D eigenvalue weighted by Crippen LogP contribution is -2.54. The van der Waals surface area contributed by atoms with E-state index in [9.17, 15) is 4.79 Å². The maximum absolute atomic E-state index is 12.7. The molecule has 3 fully saturated rings. The molecule has 2 saturated heterocycles. The number of fused-ring (bicyclic) bond motifs is 1. The number of likely N-dealkylation sites (tertiary alicyclic amines) is 1. The van der Waals surface area contributed by atoms with Crippen LogP contribution in [0.1, 0.15) is 45.4 Å². The van der Waals surface area contributed by atoms with Gasteiger partial charge in [0.1, 0.15) is 0 Å². The molecule has 0 N–H and O–H groups in total. The Labute approximate surface area is 122 Å². The van der Waals surface area contributed by atoms with Gasteiger partial charge in [-0.1, -0.05) is 12.8 Å². The molecule has 3 aliphatic rings. The zero-order valence-corrected chi connectivity index (χ0v) is 12.7. The number of nitrogens with zero attached hydrogens (tertiary/aromatic N) is 2. The van der Waals surface area contributed by atoms with Gasteiger partial charge in [0.25, 0.3) is 0 Å². The first-order chi connectivity index (χ1) is 9.74. The molecule has 3 atom stereocenters. The molecule has 2 heterocycles. The largest absolute Gasteiger partial charge is 0.376 e. The summed E-state index contributed by atoms with van der Waals surface area (Å²) in [6, 6.07) is 0.545. The maximum atomic E-state index is 12.7. The number of amides is 1. The fourth-order valence-electron chi connectivity index (χ4n) is 4.25. The molecule has 0 aromatic rings. The molecule has 0 aromatic carbocycles. The average molecular weight is 280 g/mol. The Balaban J connectivity index is 1.57. The summed E-state index contributed by atoms with van der Waals surface area (Å²) < 4.78 is 5.55. The number of morpholine rings is 1. The molecule has 0 spiro atoms. The van der Waals surface area contributed by atoms with Crippen LogP contribution in [0, 0.1) is 5.92 Å². The Morgan fingerprint density at radius 1 is 1.15 bits per heavy atom. The number of rotatable bonds is 2. The lowest BCUT2D eigenvalue weighted by Gasteiger charge is -2.45. The van der Waals surface area contributed by atoms with Gasteiger partial charge >= 0.3 is 0 Å². The van der Waals surface area contributed by atoms with Crippen molar-refractivity contribution in [1.82, 2.24) is 9.80 Å². The van der Waals surface area contributed by atoms with Gasteiger partial charge in [-0.3, -0.25) is 9.69 Å². The number of hydrogen-bond donors (Lipinski definition) is 0. The van der Waals surface area contributed by atoms with Crippen LogP contribution in [0.25, 0.3) is 0 Å². The number of carbonyl (C=O) groups excluding carboxylic acids is 1. The Kier molecular flexibility index (Phi) is 4.61. The molecule has 114 valence electrons. The van der Waals surface area contributed by atoms with Crippen molar-refractivity contribution in [2.24, 2.45) is 5.92 Å². The van der Waals surface area contributed by atoms with E-state index in [0.29, 0.717) is 18.5 Å². The Hall–Kier alpha value is -0.610. The molecular formula is C16H28N2O2. The second kappa shape index (κ2) is 6.44. The predicted molar refractivity (Wildman–Crippen MR) is 78.5 cm³/mol. The number of hydrogen-bond acceptors (Lipinski definition) is 3. The van der Waals surface area contributed by atoms with Crippen molar-refractivity contribution < 1.29 is 9.53 Å². The summed E-state index contributed by atoms with van der Waals surface area (Å²) in [4.78, 5) is 17.2. The van der Waals surface area contributed by atoms with Crippen molar-refractivity contribution >= 4 is 5.91 Å². The van der Waals surface area contributed by atoms with E-state index in [1.165, 1.54) is 38.5 Å². The fourth-order valence-corrected chi connectivity index (χ4v) is 4.25. The van der Waals surface area contributed by atoms with Crippen LogP contribution in [0.3, 0.4) is 0 Å². The lowest BCUT2D eigenvalue weighted by molar-refractivity contribution is -0.140. The summed E-state index contributed by atoms with van der Waals surface area (Å²) in [5.74, 6) is 1.14. The molecule has 3 rings (SSSR count). The fraction of sp³-hybridized carbons (Fsp3) is 0.938. The highest BCUT2D eigenvalue weighted by molar-refractivity contribution is 5.78. The van der Waals surface area contributed by atoms with Crippen molar-refractivity contribution in [2.75, 3.05) is 32.8 Å². The minimum Gasteiger partial charge on any atom is -0.376 e. The van der Waals surface area contributed by atoms with E-state index in [1.807, 2.05) is 0 Å². The van der Waals surface area contributed by atoms with E-state index in [2.05, 4.69) is 16.7 Å². The minimum absolute atomic E-state index is 0.264. The monoisotopic (exact) mass is 280 g/mol. The molecular weight excluding hydrogens is 252 g/mol. The Morgan fingerprint density at radius 3 is 2.80 bits per heavy atom. The first kappa shape index (κ1) is 14.3. The summed E-state index contributed by atoms with van der Waals surface area (Å²) in [6.07, 6.45) is 8.04. The summed E-state index contributed by atoms with van der Waals surface area (Å²) in [6.45, 7) is 6.23. The number of piperidine rings is 1. The molecule has 3 unspecified atom stereocenters. The highest BCUT2D eigenvalue weighted by Gasteiger charge is 2.36. The summed E-state index contributed by atoms with van der Waals surface area (Å²) in [7, 11) is 0. The van der Waals surface area contributed by atoms with E-state index >= 15 is 0 Å². The minimum atomic E-state index is 0.264. The van der Waals surface area contributed by atoms with E-state index in [1.54, 1.807) is 0 Å². The molecule has 2 aliphatic heterocycles. The topological polar surface area (TPSA) is 32.8 Å². The van der Waals surface area contributed by atoms with E-state index < -0.39 is 0 Å². The summed E-state index contributed by atoms with van der Waals surface area (Å²) >= 11 is 0. The van der Waals surface area contributed by atoms with Crippen LogP contribution < -0.4 is 0 Å². The quantitative estimate of drug-likeness (QED) is 0.774. The van der Waals surface area contributed by atoms with Crippen molar-refractivity contribution in [1.29, 1.82) is 0 Å². The second-order valence-corrected chi connectivity index (χ2v) is 6.76. The van der Waals surface area contributed by atoms with E-state index in [4.69, 9.17) is 4.74 Å². The van der Waals surface area contributed by atoms with Crippen LogP contribution >= 0.6 is 0 Å². The summed E-state index contributed by atoms with van der Waals surface area (Å²) in [5, 5.41) is 0. The van der Waals surface area contributed by atoms with Crippen LogP contribution in [-0.2, 0) is 9.53 Å². The van der Waals surface area contributed by atoms with Gasteiger partial charge in [-0.05, 0) is 38.5 Å². The number of ether oxygens (including phenoxy) is 1. The normalized spacial score (nSPS) is 35.6. The zero-order valence-electron chi connectivity index (χ0n) is 12.7. The predicted octanol–water partition coefficient (Wildman–Crippen LogP) is 1.89. The van der Waals surface area contributed by atoms with Crippen LogP contribution in [-0.4, -0.2) is 60.6 Å². The van der Waals surface area contributed by atoms with Crippen LogP contribution in [0.15, 0.2) is 0 Å². The molecule has 0 aromatic heterocycles.